The molecule has 3 N–H and O–H groups in total. The molecule has 0 saturated carbocycles. The summed E-state index contributed by atoms with van der Waals surface area (Å²) in [5, 5.41) is 9.52. The molecule has 0 spiro atoms. The van der Waals surface area contributed by atoms with Crippen molar-refractivity contribution in [3.63, 3.8) is 0 Å². The lowest BCUT2D eigenvalue weighted by molar-refractivity contribution is -0.116. The Morgan fingerprint density at radius 3 is 3.00 bits per heavy atom. The van der Waals surface area contributed by atoms with E-state index in [4.69, 9.17) is 9.47 Å². The lowest BCUT2D eigenvalue weighted by atomic mass is 10.1. The van der Waals surface area contributed by atoms with Crippen LogP contribution in [0.15, 0.2) is 29.3 Å². The van der Waals surface area contributed by atoms with E-state index >= 15 is 0 Å². The Labute approximate surface area is 168 Å². The summed E-state index contributed by atoms with van der Waals surface area (Å²) in [5.74, 6) is 1.36. The molecule has 1 aromatic rings. The minimum absolute atomic E-state index is 0.0489. The molecule has 1 aliphatic rings. The summed E-state index contributed by atoms with van der Waals surface area (Å²) in [4.78, 5) is 16.0. The number of hydrogen-bond acceptors (Lipinski definition) is 4. The summed E-state index contributed by atoms with van der Waals surface area (Å²) in [6, 6.07) is 7.86. The van der Waals surface area contributed by atoms with Crippen molar-refractivity contribution in [3.8, 4) is 0 Å². The number of nitrogens with one attached hydrogen (secondary N) is 3. The van der Waals surface area contributed by atoms with Gasteiger partial charge in [-0.1, -0.05) is 19.1 Å². The molecule has 2 rings (SSSR count). The minimum atomic E-state index is 0.0489. The van der Waals surface area contributed by atoms with Crippen LogP contribution in [0, 0.1) is 5.92 Å². The van der Waals surface area contributed by atoms with Gasteiger partial charge in [0.15, 0.2) is 5.96 Å². The predicted octanol–water partition coefficient (Wildman–Crippen LogP) is 2.53. The van der Waals surface area contributed by atoms with E-state index in [1.807, 2.05) is 31.2 Å². The first-order valence-electron chi connectivity index (χ1n) is 10.2. The van der Waals surface area contributed by atoms with Crippen molar-refractivity contribution >= 4 is 17.6 Å². The predicted molar refractivity (Wildman–Crippen MR) is 113 cm³/mol. The molecule has 7 heteroatoms. The quantitative estimate of drug-likeness (QED) is 0.307. The van der Waals surface area contributed by atoms with Gasteiger partial charge in [0.2, 0.25) is 5.91 Å². The molecule has 1 fully saturated rings. The van der Waals surface area contributed by atoms with Gasteiger partial charge in [0, 0.05) is 51.4 Å². The molecule has 28 heavy (non-hydrogen) atoms. The lowest BCUT2D eigenvalue weighted by Crippen LogP contribution is -2.37. The highest BCUT2D eigenvalue weighted by Crippen LogP contribution is 2.12. The Morgan fingerprint density at radius 1 is 1.36 bits per heavy atom. The number of ether oxygens (including phenoxy) is 2. The van der Waals surface area contributed by atoms with Crippen molar-refractivity contribution in [2.45, 2.75) is 39.2 Å². The normalized spacial score (nSPS) is 16.8. The van der Waals surface area contributed by atoms with Gasteiger partial charge < -0.3 is 25.4 Å². The Bertz CT molecular complexity index is 615. The standard InChI is InChI=1S/C21H34N4O3/c1-3-6-20(26)25-19-8-4-7-17(13-19)14-24-21(22-2)23-10-5-11-27-15-18-9-12-28-16-18/h4,7-8,13,18H,3,5-6,9-12,14-16H2,1-2H3,(H,25,26)(H2,22,23,24). The van der Waals surface area contributed by atoms with Crippen molar-refractivity contribution in [1.82, 2.24) is 10.6 Å². The number of amides is 1. The zero-order chi connectivity index (χ0) is 20.0. The fraction of sp³-hybridized carbons (Fsp3) is 0.619. The van der Waals surface area contributed by atoms with E-state index in [2.05, 4.69) is 20.9 Å². The highest BCUT2D eigenvalue weighted by Gasteiger charge is 2.15. The zero-order valence-corrected chi connectivity index (χ0v) is 17.1. The number of anilines is 1. The van der Waals surface area contributed by atoms with E-state index in [0.717, 1.165) is 69.4 Å². The second kappa shape index (κ2) is 13.1. The molecule has 1 heterocycles. The number of carbonyl (C=O) groups is 1. The number of hydrogen-bond donors (Lipinski definition) is 3. The van der Waals surface area contributed by atoms with Gasteiger partial charge in [-0.15, -0.1) is 0 Å². The van der Waals surface area contributed by atoms with Crippen molar-refractivity contribution in [2.24, 2.45) is 10.9 Å². The fourth-order valence-electron chi connectivity index (χ4n) is 2.96. The van der Waals surface area contributed by atoms with Crippen LogP contribution in [0.2, 0.25) is 0 Å². The maximum atomic E-state index is 11.7. The highest BCUT2D eigenvalue weighted by atomic mass is 16.5. The number of nitrogens with zero attached hydrogens (tertiary/aromatic N) is 1. The van der Waals surface area contributed by atoms with Crippen LogP contribution in [0.1, 0.15) is 38.2 Å². The molecule has 1 aromatic carbocycles. The number of rotatable bonds is 11. The number of aliphatic imine (C=N–C) groups is 1. The van der Waals surface area contributed by atoms with Gasteiger partial charge in [0.25, 0.3) is 0 Å². The van der Waals surface area contributed by atoms with Crippen LogP contribution in [0.25, 0.3) is 0 Å². The van der Waals surface area contributed by atoms with Crippen molar-refractivity contribution < 1.29 is 14.3 Å². The minimum Gasteiger partial charge on any atom is -0.381 e. The highest BCUT2D eigenvalue weighted by molar-refractivity contribution is 5.90. The van der Waals surface area contributed by atoms with Gasteiger partial charge in [-0.2, -0.15) is 0 Å². The molecular weight excluding hydrogens is 356 g/mol. The fourth-order valence-corrected chi connectivity index (χ4v) is 2.96. The Balaban J connectivity index is 1.62. The van der Waals surface area contributed by atoms with Crippen LogP contribution in [0.4, 0.5) is 5.69 Å². The summed E-state index contributed by atoms with van der Waals surface area (Å²) in [5.41, 5.74) is 1.91. The van der Waals surface area contributed by atoms with Crippen LogP contribution >= 0.6 is 0 Å². The van der Waals surface area contributed by atoms with E-state index in [-0.39, 0.29) is 5.91 Å². The molecule has 1 atom stereocenters. The van der Waals surface area contributed by atoms with Crippen LogP contribution in [-0.2, 0) is 20.8 Å². The zero-order valence-electron chi connectivity index (χ0n) is 17.1. The average Bonchev–Trinajstić information content (AvgIpc) is 3.21. The van der Waals surface area contributed by atoms with Gasteiger partial charge in [-0.05, 0) is 37.0 Å². The van der Waals surface area contributed by atoms with E-state index < -0.39 is 0 Å². The Kier molecular flexibility index (Phi) is 10.4. The molecule has 1 unspecified atom stereocenters. The van der Waals surface area contributed by atoms with Crippen LogP contribution in [0.5, 0.6) is 0 Å². The van der Waals surface area contributed by atoms with Gasteiger partial charge in [0.1, 0.15) is 0 Å². The summed E-state index contributed by atoms with van der Waals surface area (Å²) in [6.45, 7) is 6.65. The van der Waals surface area contributed by atoms with E-state index in [1.54, 1.807) is 7.05 Å². The number of guanidine groups is 1. The van der Waals surface area contributed by atoms with E-state index in [1.165, 1.54) is 0 Å². The van der Waals surface area contributed by atoms with Gasteiger partial charge >= 0.3 is 0 Å². The Morgan fingerprint density at radius 2 is 2.25 bits per heavy atom. The third-order valence-corrected chi connectivity index (χ3v) is 4.51. The van der Waals surface area contributed by atoms with Gasteiger partial charge in [-0.25, -0.2) is 0 Å². The first-order valence-corrected chi connectivity index (χ1v) is 10.2. The average molecular weight is 391 g/mol. The summed E-state index contributed by atoms with van der Waals surface area (Å²) in [7, 11) is 1.76. The van der Waals surface area contributed by atoms with Gasteiger partial charge in [-0.3, -0.25) is 9.79 Å². The smallest absolute Gasteiger partial charge is 0.224 e. The molecule has 0 aromatic heterocycles. The monoisotopic (exact) mass is 390 g/mol. The number of carbonyl (C=O) groups excluding carboxylic acids is 1. The summed E-state index contributed by atoms with van der Waals surface area (Å²) < 4.78 is 11.1. The molecule has 1 aliphatic heterocycles. The van der Waals surface area contributed by atoms with Crippen molar-refractivity contribution in [1.29, 1.82) is 0 Å². The van der Waals surface area contributed by atoms with E-state index in [9.17, 15) is 4.79 Å². The molecule has 0 radical (unpaired) electrons. The number of benzene rings is 1. The van der Waals surface area contributed by atoms with Crippen LogP contribution < -0.4 is 16.0 Å². The van der Waals surface area contributed by atoms with Crippen LogP contribution in [0.3, 0.4) is 0 Å². The first kappa shape index (κ1) is 22.2. The largest absolute Gasteiger partial charge is 0.381 e. The third kappa shape index (κ3) is 8.71. The molecule has 1 saturated heterocycles. The summed E-state index contributed by atoms with van der Waals surface area (Å²) in [6.07, 6.45) is 3.41. The van der Waals surface area contributed by atoms with E-state index in [0.29, 0.717) is 18.9 Å². The maximum absolute atomic E-state index is 11.7. The van der Waals surface area contributed by atoms with Crippen LogP contribution in [-0.4, -0.2) is 51.9 Å². The maximum Gasteiger partial charge on any atom is 0.224 e. The molecule has 0 aliphatic carbocycles. The molecule has 0 bridgehead atoms. The Hall–Kier alpha value is -2.12. The molecule has 7 nitrogen and oxygen atoms in total. The first-order chi connectivity index (χ1) is 13.7. The van der Waals surface area contributed by atoms with Gasteiger partial charge in [0.05, 0.1) is 13.2 Å². The SMILES string of the molecule is CCCC(=O)Nc1cccc(CNC(=NC)NCCCOCC2CCOC2)c1. The molecule has 156 valence electrons. The summed E-state index contributed by atoms with van der Waals surface area (Å²) >= 11 is 0. The van der Waals surface area contributed by atoms with Crippen molar-refractivity contribution in [2.75, 3.05) is 45.3 Å². The topological polar surface area (TPSA) is 84.0 Å². The molecular formula is C21H34N4O3. The van der Waals surface area contributed by atoms with Crippen molar-refractivity contribution in [3.05, 3.63) is 29.8 Å². The second-order valence-electron chi connectivity index (χ2n) is 7.01. The lowest BCUT2D eigenvalue weighted by Gasteiger charge is -2.13. The second-order valence-corrected chi connectivity index (χ2v) is 7.01. The third-order valence-electron chi connectivity index (χ3n) is 4.51. The molecule has 1 amide bonds.